The van der Waals surface area contributed by atoms with Gasteiger partial charge in [-0.15, -0.1) is 10.2 Å². The van der Waals surface area contributed by atoms with Gasteiger partial charge in [0.15, 0.2) is 0 Å². The quantitative estimate of drug-likeness (QED) is 0.853. The van der Waals surface area contributed by atoms with Gasteiger partial charge < -0.3 is 9.15 Å². The molecule has 2 atom stereocenters. The summed E-state index contributed by atoms with van der Waals surface area (Å²) >= 11 is 0. The van der Waals surface area contributed by atoms with Crippen LogP contribution in [0.3, 0.4) is 0 Å². The third kappa shape index (κ3) is 2.98. The van der Waals surface area contributed by atoms with Crippen LogP contribution in [0.15, 0.2) is 4.42 Å². The van der Waals surface area contributed by atoms with Gasteiger partial charge >= 0.3 is 0 Å². The second-order valence-corrected chi connectivity index (χ2v) is 5.94. The maximum Gasteiger partial charge on any atom is 0.248 e. The second kappa shape index (κ2) is 5.04. The third-order valence-corrected chi connectivity index (χ3v) is 3.84. The molecule has 2 fully saturated rings. The number of hydrogen-bond acceptors (Lipinski definition) is 5. The van der Waals surface area contributed by atoms with Gasteiger partial charge in [0.05, 0.1) is 6.10 Å². The Bertz CT molecular complexity index is 472. The van der Waals surface area contributed by atoms with E-state index in [-0.39, 0.29) is 31.0 Å². The lowest BCUT2D eigenvalue weighted by Crippen LogP contribution is -2.48. The molecule has 0 radical (unpaired) electrons. The van der Waals surface area contributed by atoms with Crippen molar-refractivity contribution in [1.29, 1.82) is 0 Å². The molecule has 0 aromatic carbocycles. The fraction of sp³-hybridized carbons (Fsp3) is 0.846. The Labute approximate surface area is 116 Å². The highest BCUT2D eigenvalue weighted by atomic mass is 19.3. The molecule has 1 saturated carbocycles. The molecule has 0 amide bonds. The SMILES string of the molecule is Cc1nnc([C@H]2CN(CC3CC(F)(F)C3)C[C@@H](C)O2)o1. The molecule has 20 heavy (non-hydrogen) atoms. The van der Waals surface area contributed by atoms with E-state index < -0.39 is 5.92 Å². The van der Waals surface area contributed by atoms with Gasteiger partial charge in [-0.2, -0.15) is 0 Å². The first-order valence-electron chi connectivity index (χ1n) is 6.97. The van der Waals surface area contributed by atoms with Crippen LogP contribution < -0.4 is 0 Å². The number of morpholine rings is 1. The molecule has 1 aliphatic carbocycles. The summed E-state index contributed by atoms with van der Waals surface area (Å²) in [4.78, 5) is 2.16. The van der Waals surface area contributed by atoms with Crippen LogP contribution in [-0.2, 0) is 4.74 Å². The van der Waals surface area contributed by atoms with E-state index in [1.165, 1.54) is 0 Å². The minimum Gasteiger partial charge on any atom is -0.423 e. The van der Waals surface area contributed by atoms with E-state index in [1.807, 2.05) is 6.92 Å². The van der Waals surface area contributed by atoms with E-state index in [1.54, 1.807) is 6.92 Å². The summed E-state index contributed by atoms with van der Waals surface area (Å²) in [6.45, 7) is 5.77. The molecule has 1 aromatic heterocycles. The number of ether oxygens (including phenoxy) is 1. The van der Waals surface area contributed by atoms with E-state index in [4.69, 9.17) is 9.15 Å². The molecular formula is C13H19F2N3O2. The smallest absolute Gasteiger partial charge is 0.248 e. The van der Waals surface area contributed by atoms with Crippen molar-refractivity contribution in [2.75, 3.05) is 19.6 Å². The van der Waals surface area contributed by atoms with E-state index >= 15 is 0 Å². The van der Waals surface area contributed by atoms with Crippen LogP contribution in [-0.4, -0.2) is 46.8 Å². The molecule has 1 aromatic rings. The Hall–Kier alpha value is -1.08. The van der Waals surface area contributed by atoms with Crippen molar-refractivity contribution >= 4 is 0 Å². The molecule has 5 nitrogen and oxygen atoms in total. The highest BCUT2D eigenvalue weighted by Crippen LogP contribution is 2.43. The average Bonchev–Trinajstić information content (AvgIpc) is 2.73. The van der Waals surface area contributed by atoms with Crippen molar-refractivity contribution in [1.82, 2.24) is 15.1 Å². The first kappa shape index (κ1) is 13.9. The van der Waals surface area contributed by atoms with E-state index in [2.05, 4.69) is 15.1 Å². The van der Waals surface area contributed by atoms with E-state index in [0.29, 0.717) is 24.9 Å². The monoisotopic (exact) mass is 287 g/mol. The van der Waals surface area contributed by atoms with Crippen LogP contribution >= 0.6 is 0 Å². The predicted molar refractivity (Wildman–Crippen MR) is 66.4 cm³/mol. The highest BCUT2D eigenvalue weighted by molar-refractivity contribution is 4.93. The molecule has 112 valence electrons. The fourth-order valence-corrected chi connectivity index (χ4v) is 3.05. The summed E-state index contributed by atoms with van der Waals surface area (Å²) in [7, 11) is 0. The molecule has 1 aliphatic heterocycles. The number of nitrogens with zero attached hydrogens (tertiary/aromatic N) is 3. The molecule has 2 aliphatic rings. The van der Waals surface area contributed by atoms with Gasteiger partial charge in [-0.3, -0.25) is 4.90 Å². The molecule has 3 rings (SSSR count). The molecule has 7 heteroatoms. The standard InChI is InChI=1S/C13H19F2N3O2/c1-8-5-18(6-10-3-13(14,15)4-10)7-11(19-8)12-17-16-9(2)20-12/h8,10-11H,3-7H2,1-2H3/t8-,11-/m1/s1. The number of aromatic nitrogens is 2. The number of halogens is 2. The van der Waals surface area contributed by atoms with Gasteiger partial charge in [0.1, 0.15) is 6.10 Å². The van der Waals surface area contributed by atoms with E-state index in [0.717, 1.165) is 6.54 Å². The summed E-state index contributed by atoms with van der Waals surface area (Å²) in [6, 6.07) is 0. The normalized spacial score (nSPS) is 31.2. The Kier molecular flexibility index (Phi) is 3.50. The number of rotatable bonds is 3. The predicted octanol–water partition coefficient (Wildman–Crippen LogP) is 2.19. The summed E-state index contributed by atoms with van der Waals surface area (Å²) in [6.07, 6.45) is -0.228. The van der Waals surface area contributed by atoms with Gasteiger partial charge in [-0.1, -0.05) is 0 Å². The summed E-state index contributed by atoms with van der Waals surface area (Å²) in [5.41, 5.74) is 0. The lowest BCUT2D eigenvalue weighted by atomic mass is 9.81. The van der Waals surface area contributed by atoms with Crippen LogP contribution in [0, 0.1) is 12.8 Å². The first-order chi connectivity index (χ1) is 9.41. The molecule has 1 saturated heterocycles. The largest absolute Gasteiger partial charge is 0.423 e. The first-order valence-corrected chi connectivity index (χ1v) is 6.97. The van der Waals surface area contributed by atoms with Crippen molar-refractivity contribution in [2.24, 2.45) is 5.92 Å². The van der Waals surface area contributed by atoms with Crippen LogP contribution in [0.2, 0.25) is 0 Å². The Balaban J connectivity index is 1.59. The van der Waals surface area contributed by atoms with Crippen molar-refractivity contribution in [3.8, 4) is 0 Å². The number of hydrogen-bond donors (Lipinski definition) is 0. The minimum atomic E-state index is -2.45. The van der Waals surface area contributed by atoms with Crippen molar-refractivity contribution in [2.45, 2.75) is 44.8 Å². The molecule has 0 unspecified atom stereocenters. The molecule has 0 N–H and O–H groups in total. The zero-order valence-corrected chi connectivity index (χ0v) is 11.7. The maximum atomic E-state index is 12.9. The van der Waals surface area contributed by atoms with Gasteiger partial charge in [0.25, 0.3) is 0 Å². The second-order valence-electron chi connectivity index (χ2n) is 5.94. The number of alkyl halides is 2. The zero-order chi connectivity index (χ0) is 14.3. The van der Waals surface area contributed by atoms with E-state index in [9.17, 15) is 8.78 Å². The summed E-state index contributed by atoms with van der Waals surface area (Å²) in [5.74, 6) is -1.39. The lowest BCUT2D eigenvalue weighted by molar-refractivity contribution is -0.134. The molecule has 0 bridgehead atoms. The minimum absolute atomic E-state index is 0.00305. The van der Waals surface area contributed by atoms with Crippen LogP contribution in [0.5, 0.6) is 0 Å². The van der Waals surface area contributed by atoms with Crippen LogP contribution in [0.25, 0.3) is 0 Å². The highest BCUT2D eigenvalue weighted by Gasteiger charge is 2.46. The van der Waals surface area contributed by atoms with Gasteiger partial charge in [0.2, 0.25) is 17.7 Å². The molecule has 2 heterocycles. The van der Waals surface area contributed by atoms with Crippen LogP contribution in [0.1, 0.15) is 37.7 Å². The lowest BCUT2D eigenvalue weighted by Gasteiger charge is -2.41. The van der Waals surface area contributed by atoms with Gasteiger partial charge in [0, 0.05) is 39.4 Å². The van der Waals surface area contributed by atoms with Crippen LogP contribution in [0.4, 0.5) is 8.78 Å². The Morgan fingerprint density at radius 3 is 2.65 bits per heavy atom. The number of aryl methyl sites for hydroxylation is 1. The Morgan fingerprint density at radius 2 is 2.05 bits per heavy atom. The summed E-state index contributed by atoms with van der Waals surface area (Å²) < 4.78 is 37.0. The van der Waals surface area contributed by atoms with Crippen molar-refractivity contribution in [3.63, 3.8) is 0 Å². The zero-order valence-electron chi connectivity index (χ0n) is 11.7. The average molecular weight is 287 g/mol. The molecule has 0 spiro atoms. The Morgan fingerprint density at radius 1 is 1.30 bits per heavy atom. The van der Waals surface area contributed by atoms with Gasteiger partial charge in [-0.25, -0.2) is 8.78 Å². The maximum absolute atomic E-state index is 12.9. The molecular weight excluding hydrogens is 268 g/mol. The topological polar surface area (TPSA) is 51.4 Å². The van der Waals surface area contributed by atoms with Gasteiger partial charge in [-0.05, 0) is 12.8 Å². The van der Waals surface area contributed by atoms with Crippen molar-refractivity contribution < 1.29 is 17.9 Å². The summed E-state index contributed by atoms with van der Waals surface area (Å²) in [5, 5.41) is 7.79. The fourth-order valence-electron chi connectivity index (χ4n) is 3.05. The third-order valence-electron chi connectivity index (χ3n) is 3.84. The van der Waals surface area contributed by atoms with Crippen molar-refractivity contribution in [3.05, 3.63) is 11.8 Å².